The summed E-state index contributed by atoms with van der Waals surface area (Å²) in [5.74, 6) is -0.284. The van der Waals surface area contributed by atoms with Gasteiger partial charge in [0.25, 0.3) is 5.91 Å². The molecule has 0 fully saturated rings. The quantitative estimate of drug-likeness (QED) is 0.790. The molecular weight excluding hydrogens is 342 g/mol. The highest BCUT2D eigenvalue weighted by Crippen LogP contribution is 2.26. The number of aryl methyl sites for hydroxylation is 4. The number of amides is 1. The number of carbonyl (C=O) groups excluding carboxylic acids is 2. The molecule has 27 heavy (non-hydrogen) atoms. The van der Waals surface area contributed by atoms with Crippen LogP contribution in [0.2, 0.25) is 0 Å². The number of ether oxygens (including phenoxy) is 2. The number of anilines is 1. The van der Waals surface area contributed by atoms with Gasteiger partial charge in [0.15, 0.2) is 12.7 Å². The highest BCUT2D eigenvalue weighted by molar-refractivity contribution is 5.95. The first-order chi connectivity index (χ1) is 12.9. The predicted octanol–water partition coefficient (Wildman–Crippen LogP) is 3.74. The fourth-order valence-electron chi connectivity index (χ4n) is 3.17. The lowest BCUT2D eigenvalue weighted by Gasteiger charge is -2.15. The maximum atomic E-state index is 12.3. The second kappa shape index (κ2) is 8.25. The van der Waals surface area contributed by atoms with Crippen molar-refractivity contribution in [3.05, 3.63) is 58.7 Å². The number of hydrogen-bond acceptors (Lipinski definition) is 4. The van der Waals surface area contributed by atoms with Crippen LogP contribution in [-0.4, -0.2) is 24.6 Å². The van der Waals surface area contributed by atoms with Crippen LogP contribution in [0.4, 0.5) is 5.69 Å². The summed E-state index contributed by atoms with van der Waals surface area (Å²) in [7, 11) is 0. The zero-order chi connectivity index (χ0) is 19.4. The third kappa shape index (κ3) is 4.88. The molecule has 2 aromatic carbocycles. The van der Waals surface area contributed by atoms with Crippen molar-refractivity contribution in [1.82, 2.24) is 0 Å². The van der Waals surface area contributed by atoms with Gasteiger partial charge in [-0.05, 0) is 80.5 Å². The number of carbonyl (C=O) groups is 2. The zero-order valence-electron chi connectivity index (χ0n) is 16.0. The Kier molecular flexibility index (Phi) is 5.79. The maximum absolute atomic E-state index is 12.3. The van der Waals surface area contributed by atoms with Gasteiger partial charge in [-0.1, -0.05) is 18.2 Å². The highest BCUT2D eigenvalue weighted by Gasteiger charge is 2.19. The Hall–Kier alpha value is -2.82. The van der Waals surface area contributed by atoms with Crippen LogP contribution < -0.4 is 10.1 Å². The molecule has 2 aromatic rings. The van der Waals surface area contributed by atoms with E-state index in [2.05, 4.69) is 5.32 Å². The van der Waals surface area contributed by atoms with Gasteiger partial charge >= 0.3 is 5.97 Å². The summed E-state index contributed by atoms with van der Waals surface area (Å²) in [4.78, 5) is 24.3. The summed E-state index contributed by atoms with van der Waals surface area (Å²) in [6, 6.07) is 11.7. The molecule has 0 saturated heterocycles. The lowest BCUT2D eigenvalue weighted by molar-refractivity contribution is -0.155. The Morgan fingerprint density at radius 2 is 1.85 bits per heavy atom. The van der Waals surface area contributed by atoms with Crippen LogP contribution in [-0.2, 0) is 27.2 Å². The van der Waals surface area contributed by atoms with E-state index in [4.69, 9.17) is 9.47 Å². The largest absolute Gasteiger partial charge is 0.482 e. The Labute approximate surface area is 159 Å². The van der Waals surface area contributed by atoms with E-state index < -0.39 is 12.1 Å². The van der Waals surface area contributed by atoms with Crippen molar-refractivity contribution in [3.63, 3.8) is 0 Å². The third-order valence-corrected chi connectivity index (χ3v) is 4.76. The minimum Gasteiger partial charge on any atom is -0.482 e. The minimum absolute atomic E-state index is 0.222. The predicted molar refractivity (Wildman–Crippen MR) is 104 cm³/mol. The molecule has 1 amide bonds. The average Bonchev–Trinajstić information content (AvgIpc) is 3.10. The molecule has 1 atom stereocenters. The van der Waals surface area contributed by atoms with Gasteiger partial charge in [0.2, 0.25) is 0 Å². The van der Waals surface area contributed by atoms with Gasteiger partial charge < -0.3 is 14.8 Å². The molecule has 142 valence electrons. The van der Waals surface area contributed by atoms with Gasteiger partial charge in [-0.2, -0.15) is 0 Å². The lowest BCUT2D eigenvalue weighted by Crippen LogP contribution is -2.31. The molecule has 0 radical (unpaired) electrons. The van der Waals surface area contributed by atoms with Gasteiger partial charge in [-0.15, -0.1) is 0 Å². The SMILES string of the molecule is Cc1ccc(C)c(NC(=O)C(C)OC(=O)COc2ccc3c(c2)CCC3)c1. The molecule has 0 spiro atoms. The van der Waals surface area contributed by atoms with Crippen molar-refractivity contribution in [2.45, 2.75) is 46.1 Å². The van der Waals surface area contributed by atoms with Crippen LogP contribution in [0.15, 0.2) is 36.4 Å². The Morgan fingerprint density at radius 3 is 2.67 bits per heavy atom. The van der Waals surface area contributed by atoms with Crippen molar-refractivity contribution in [2.24, 2.45) is 0 Å². The molecule has 3 rings (SSSR count). The third-order valence-electron chi connectivity index (χ3n) is 4.76. The Bertz CT molecular complexity index is 859. The molecule has 1 aliphatic carbocycles. The van der Waals surface area contributed by atoms with Crippen molar-refractivity contribution in [1.29, 1.82) is 0 Å². The van der Waals surface area contributed by atoms with E-state index in [-0.39, 0.29) is 12.5 Å². The van der Waals surface area contributed by atoms with Crippen molar-refractivity contribution >= 4 is 17.6 Å². The molecule has 1 aliphatic rings. The maximum Gasteiger partial charge on any atom is 0.344 e. The number of fused-ring (bicyclic) bond motifs is 1. The van der Waals surface area contributed by atoms with Crippen LogP contribution in [0.1, 0.15) is 35.6 Å². The summed E-state index contributed by atoms with van der Waals surface area (Å²) in [5, 5.41) is 2.80. The number of nitrogens with one attached hydrogen (secondary N) is 1. The van der Waals surface area contributed by atoms with E-state index in [0.29, 0.717) is 5.75 Å². The second-order valence-electron chi connectivity index (χ2n) is 7.01. The lowest BCUT2D eigenvalue weighted by atomic mass is 10.1. The van der Waals surface area contributed by atoms with Gasteiger partial charge in [0.05, 0.1) is 0 Å². The van der Waals surface area contributed by atoms with E-state index in [0.717, 1.165) is 36.1 Å². The highest BCUT2D eigenvalue weighted by atomic mass is 16.6. The normalized spacial score (nSPS) is 13.6. The summed E-state index contributed by atoms with van der Waals surface area (Å²) in [6.07, 6.45) is 2.41. The molecule has 0 aliphatic heterocycles. The molecule has 0 heterocycles. The first-order valence-electron chi connectivity index (χ1n) is 9.24. The second-order valence-corrected chi connectivity index (χ2v) is 7.01. The van der Waals surface area contributed by atoms with Crippen LogP contribution in [0.5, 0.6) is 5.75 Å². The number of esters is 1. The standard InChI is InChI=1S/C22H25NO4/c1-14-7-8-15(2)20(11-14)23-22(25)16(3)27-21(24)13-26-19-10-9-17-5-4-6-18(17)12-19/h7-12,16H,4-6,13H2,1-3H3,(H,23,25). The Balaban J connectivity index is 1.49. The minimum atomic E-state index is -0.902. The fraction of sp³-hybridized carbons (Fsp3) is 0.364. The van der Waals surface area contributed by atoms with Crippen LogP contribution >= 0.6 is 0 Å². The molecule has 0 aromatic heterocycles. The van der Waals surface area contributed by atoms with Crippen molar-refractivity contribution < 1.29 is 19.1 Å². The monoisotopic (exact) mass is 367 g/mol. The smallest absolute Gasteiger partial charge is 0.344 e. The number of hydrogen-bond donors (Lipinski definition) is 1. The summed E-state index contributed by atoms with van der Waals surface area (Å²) in [5.41, 5.74) is 5.34. The molecule has 1 N–H and O–H groups in total. The van der Waals surface area contributed by atoms with Crippen LogP contribution in [0.25, 0.3) is 0 Å². The summed E-state index contributed by atoms with van der Waals surface area (Å²) in [6.45, 7) is 5.19. The number of benzene rings is 2. The van der Waals surface area contributed by atoms with Crippen molar-refractivity contribution in [3.8, 4) is 5.75 Å². The molecule has 0 bridgehead atoms. The van der Waals surface area contributed by atoms with E-state index in [1.54, 1.807) is 6.92 Å². The first kappa shape index (κ1) is 19.0. The van der Waals surface area contributed by atoms with E-state index in [9.17, 15) is 9.59 Å². The van der Waals surface area contributed by atoms with Crippen LogP contribution in [0.3, 0.4) is 0 Å². The molecule has 5 nitrogen and oxygen atoms in total. The van der Waals surface area contributed by atoms with Gasteiger partial charge in [-0.25, -0.2) is 4.79 Å². The molecule has 5 heteroatoms. The molecule has 1 unspecified atom stereocenters. The summed E-state index contributed by atoms with van der Waals surface area (Å²) < 4.78 is 10.7. The molecule has 0 saturated carbocycles. The van der Waals surface area contributed by atoms with E-state index >= 15 is 0 Å². The average molecular weight is 367 g/mol. The van der Waals surface area contributed by atoms with Gasteiger partial charge in [0.1, 0.15) is 5.75 Å². The fourth-order valence-corrected chi connectivity index (χ4v) is 3.17. The van der Waals surface area contributed by atoms with Crippen LogP contribution in [0, 0.1) is 13.8 Å². The van der Waals surface area contributed by atoms with Gasteiger partial charge in [-0.3, -0.25) is 4.79 Å². The summed E-state index contributed by atoms with van der Waals surface area (Å²) >= 11 is 0. The van der Waals surface area contributed by atoms with E-state index in [1.165, 1.54) is 11.1 Å². The van der Waals surface area contributed by atoms with Gasteiger partial charge in [0, 0.05) is 5.69 Å². The zero-order valence-corrected chi connectivity index (χ0v) is 16.0. The number of rotatable bonds is 6. The molecular formula is C22H25NO4. The first-order valence-corrected chi connectivity index (χ1v) is 9.24. The van der Waals surface area contributed by atoms with E-state index in [1.807, 2.05) is 50.2 Å². The van der Waals surface area contributed by atoms with Crippen molar-refractivity contribution in [2.75, 3.05) is 11.9 Å². The topological polar surface area (TPSA) is 64.6 Å². The Morgan fingerprint density at radius 1 is 1.07 bits per heavy atom.